The van der Waals surface area contributed by atoms with Gasteiger partial charge in [-0.15, -0.1) is 0 Å². The standard InChI is InChI=1S/C14H20N2O2S/c1-18-13-7-3-2-5-11(13)9-15-14(17)16-10-12-6-4-8-19-12/h2-3,5,7,12H,4,6,8-10H2,1H3,(H2,15,16,17). The number of ether oxygens (including phenoxy) is 1. The fraction of sp³-hybridized carbons (Fsp3) is 0.500. The molecule has 5 heteroatoms. The molecule has 1 aliphatic rings. The van der Waals surface area contributed by atoms with E-state index in [4.69, 9.17) is 4.74 Å². The first-order chi connectivity index (χ1) is 9.29. The van der Waals surface area contributed by atoms with Crippen LogP contribution in [0, 0.1) is 0 Å². The number of rotatable bonds is 5. The van der Waals surface area contributed by atoms with Crippen molar-refractivity contribution in [1.82, 2.24) is 10.6 Å². The molecule has 0 radical (unpaired) electrons. The lowest BCUT2D eigenvalue weighted by Crippen LogP contribution is -2.38. The molecule has 2 N–H and O–H groups in total. The highest BCUT2D eigenvalue weighted by Gasteiger charge is 2.16. The van der Waals surface area contributed by atoms with Crippen LogP contribution in [-0.2, 0) is 6.54 Å². The van der Waals surface area contributed by atoms with Gasteiger partial charge in [-0.05, 0) is 24.7 Å². The lowest BCUT2D eigenvalue weighted by Gasteiger charge is -2.12. The van der Waals surface area contributed by atoms with E-state index in [1.54, 1.807) is 7.11 Å². The van der Waals surface area contributed by atoms with Crippen LogP contribution >= 0.6 is 11.8 Å². The summed E-state index contributed by atoms with van der Waals surface area (Å²) in [6.45, 7) is 1.23. The molecule has 4 nitrogen and oxygen atoms in total. The smallest absolute Gasteiger partial charge is 0.315 e. The van der Waals surface area contributed by atoms with Crippen molar-refractivity contribution in [3.05, 3.63) is 29.8 Å². The first-order valence-electron chi connectivity index (χ1n) is 6.55. The second-order valence-electron chi connectivity index (χ2n) is 4.51. The molecule has 1 saturated heterocycles. The van der Waals surface area contributed by atoms with Crippen LogP contribution in [-0.4, -0.2) is 30.7 Å². The van der Waals surface area contributed by atoms with Gasteiger partial charge >= 0.3 is 6.03 Å². The van der Waals surface area contributed by atoms with Gasteiger partial charge in [-0.2, -0.15) is 11.8 Å². The van der Waals surface area contributed by atoms with Crippen LogP contribution in [0.4, 0.5) is 4.79 Å². The van der Waals surface area contributed by atoms with Crippen molar-refractivity contribution in [2.75, 3.05) is 19.4 Å². The third-order valence-electron chi connectivity index (χ3n) is 3.15. The number of methoxy groups -OCH3 is 1. The van der Waals surface area contributed by atoms with Crippen LogP contribution in [0.15, 0.2) is 24.3 Å². The minimum absolute atomic E-state index is 0.113. The monoisotopic (exact) mass is 280 g/mol. The Labute approximate surface area is 118 Å². The number of para-hydroxylation sites is 1. The number of carbonyl (C=O) groups is 1. The van der Waals surface area contributed by atoms with Crippen molar-refractivity contribution in [3.63, 3.8) is 0 Å². The predicted octanol–water partition coefficient (Wildman–Crippen LogP) is 2.39. The molecule has 1 atom stereocenters. The summed E-state index contributed by atoms with van der Waals surface area (Å²) in [5, 5.41) is 6.36. The van der Waals surface area contributed by atoms with Crippen LogP contribution < -0.4 is 15.4 Å². The van der Waals surface area contributed by atoms with Crippen LogP contribution in [0.25, 0.3) is 0 Å². The Kier molecular flexibility index (Phi) is 5.39. The number of hydrogen-bond acceptors (Lipinski definition) is 3. The molecular formula is C14H20N2O2S. The van der Waals surface area contributed by atoms with Gasteiger partial charge in [-0.1, -0.05) is 18.2 Å². The highest BCUT2D eigenvalue weighted by atomic mass is 32.2. The Balaban J connectivity index is 1.73. The summed E-state index contributed by atoms with van der Waals surface area (Å²) in [6.07, 6.45) is 2.47. The predicted molar refractivity (Wildman–Crippen MR) is 78.7 cm³/mol. The Morgan fingerprint density at radius 1 is 1.42 bits per heavy atom. The molecule has 104 valence electrons. The molecule has 0 saturated carbocycles. The van der Waals surface area contributed by atoms with Gasteiger partial charge in [0, 0.05) is 23.9 Å². The Morgan fingerprint density at radius 3 is 3.00 bits per heavy atom. The molecule has 2 amide bonds. The molecule has 1 aromatic carbocycles. The van der Waals surface area contributed by atoms with Crippen molar-refractivity contribution in [3.8, 4) is 5.75 Å². The minimum atomic E-state index is -0.113. The fourth-order valence-electron chi connectivity index (χ4n) is 2.10. The normalized spacial score (nSPS) is 18.1. The van der Waals surface area contributed by atoms with Crippen molar-refractivity contribution >= 4 is 17.8 Å². The van der Waals surface area contributed by atoms with Crippen molar-refractivity contribution in [1.29, 1.82) is 0 Å². The first-order valence-corrected chi connectivity index (χ1v) is 7.59. The zero-order chi connectivity index (χ0) is 13.5. The van der Waals surface area contributed by atoms with E-state index in [0.717, 1.165) is 17.9 Å². The molecule has 0 aliphatic carbocycles. The van der Waals surface area contributed by atoms with Crippen LogP contribution in [0.5, 0.6) is 5.75 Å². The van der Waals surface area contributed by atoms with Crippen LogP contribution in [0.2, 0.25) is 0 Å². The summed E-state index contributed by atoms with van der Waals surface area (Å²) in [5.74, 6) is 2.02. The molecular weight excluding hydrogens is 260 g/mol. The number of hydrogen-bond donors (Lipinski definition) is 2. The number of carbonyl (C=O) groups excluding carboxylic acids is 1. The van der Waals surface area contributed by atoms with E-state index in [0.29, 0.717) is 11.8 Å². The summed E-state index contributed by atoms with van der Waals surface area (Å²) in [6, 6.07) is 7.58. The molecule has 1 aromatic rings. The largest absolute Gasteiger partial charge is 0.496 e. The lowest BCUT2D eigenvalue weighted by molar-refractivity contribution is 0.240. The Morgan fingerprint density at radius 2 is 2.26 bits per heavy atom. The van der Waals surface area contributed by atoms with Gasteiger partial charge in [0.25, 0.3) is 0 Å². The SMILES string of the molecule is COc1ccccc1CNC(=O)NCC1CCCS1. The molecule has 0 bridgehead atoms. The second kappa shape index (κ2) is 7.28. The van der Waals surface area contributed by atoms with Crippen molar-refractivity contribution < 1.29 is 9.53 Å². The maximum absolute atomic E-state index is 11.7. The van der Waals surface area contributed by atoms with Crippen LogP contribution in [0.3, 0.4) is 0 Å². The van der Waals surface area contributed by atoms with E-state index in [9.17, 15) is 4.79 Å². The van der Waals surface area contributed by atoms with E-state index in [1.807, 2.05) is 36.0 Å². The fourth-order valence-corrected chi connectivity index (χ4v) is 3.30. The van der Waals surface area contributed by atoms with Crippen molar-refractivity contribution in [2.45, 2.75) is 24.6 Å². The lowest BCUT2D eigenvalue weighted by atomic mass is 10.2. The maximum Gasteiger partial charge on any atom is 0.315 e. The third kappa shape index (κ3) is 4.35. The van der Waals surface area contributed by atoms with Crippen molar-refractivity contribution in [2.24, 2.45) is 0 Å². The topological polar surface area (TPSA) is 50.4 Å². The quantitative estimate of drug-likeness (QED) is 0.870. The van der Waals surface area contributed by atoms with Gasteiger partial charge in [0.2, 0.25) is 0 Å². The molecule has 0 aromatic heterocycles. The van der Waals surface area contributed by atoms with E-state index in [-0.39, 0.29) is 6.03 Å². The number of thioether (sulfide) groups is 1. The molecule has 1 heterocycles. The third-order valence-corrected chi connectivity index (χ3v) is 4.54. The summed E-state index contributed by atoms with van der Waals surface area (Å²) < 4.78 is 5.24. The van der Waals surface area contributed by atoms with Gasteiger partial charge in [-0.25, -0.2) is 4.79 Å². The average Bonchev–Trinajstić information content (AvgIpc) is 2.96. The van der Waals surface area contributed by atoms with E-state index < -0.39 is 0 Å². The average molecular weight is 280 g/mol. The van der Waals surface area contributed by atoms with Gasteiger partial charge in [0.1, 0.15) is 5.75 Å². The zero-order valence-electron chi connectivity index (χ0n) is 11.1. The van der Waals surface area contributed by atoms with Crippen LogP contribution in [0.1, 0.15) is 18.4 Å². The molecule has 19 heavy (non-hydrogen) atoms. The maximum atomic E-state index is 11.7. The highest BCUT2D eigenvalue weighted by molar-refractivity contribution is 8.00. The molecule has 1 unspecified atom stereocenters. The van der Waals surface area contributed by atoms with E-state index in [2.05, 4.69) is 10.6 Å². The number of benzene rings is 1. The highest BCUT2D eigenvalue weighted by Crippen LogP contribution is 2.25. The molecule has 1 fully saturated rings. The Hall–Kier alpha value is -1.36. The number of amides is 2. The molecule has 0 spiro atoms. The summed E-state index contributed by atoms with van der Waals surface area (Å²) in [4.78, 5) is 11.7. The number of nitrogens with one attached hydrogen (secondary N) is 2. The van der Waals surface area contributed by atoms with Gasteiger partial charge < -0.3 is 15.4 Å². The molecule has 1 aliphatic heterocycles. The molecule has 2 rings (SSSR count). The van der Waals surface area contributed by atoms with E-state index >= 15 is 0 Å². The first kappa shape index (κ1) is 14.1. The van der Waals surface area contributed by atoms with Gasteiger partial charge in [0.05, 0.1) is 7.11 Å². The zero-order valence-corrected chi connectivity index (χ0v) is 12.0. The summed E-state index contributed by atoms with van der Waals surface area (Å²) in [7, 11) is 1.64. The minimum Gasteiger partial charge on any atom is -0.496 e. The Bertz CT molecular complexity index is 420. The van der Waals surface area contributed by atoms with E-state index in [1.165, 1.54) is 18.6 Å². The summed E-state index contributed by atoms with van der Waals surface area (Å²) >= 11 is 1.94. The summed E-state index contributed by atoms with van der Waals surface area (Å²) in [5.41, 5.74) is 0.982. The van der Waals surface area contributed by atoms with Gasteiger partial charge in [0.15, 0.2) is 0 Å². The van der Waals surface area contributed by atoms with Gasteiger partial charge in [-0.3, -0.25) is 0 Å². The number of urea groups is 1. The second-order valence-corrected chi connectivity index (χ2v) is 5.92.